The van der Waals surface area contributed by atoms with E-state index in [4.69, 9.17) is 4.74 Å². The summed E-state index contributed by atoms with van der Waals surface area (Å²) in [6.45, 7) is 3.98. The minimum Gasteiger partial charge on any atom is -0.378 e. The van der Waals surface area contributed by atoms with Crippen LogP contribution in [0.5, 0.6) is 0 Å². The molecule has 0 aliphatic heterocycles. The van der Waals surface area contributed by atoms with E-state index in [2.05, 4.69) is 0 Å². The highest BCUT2D eigenvalue weighted by molar-refractivity contribution is 5.79. The van der Waals surface area contributed by atoms with E-state index in [1.807, 2.05) is 13.8 Å². The first-order valence-electron chi connectivity index (χ1n) is 6.57. The van der Waals surface area contributed by atoms with Gasteiger partial charge in [-0.1, -0.05) is 6.42 Å². The van der Waals surface area contributed by atoms with Gasteiger partial charge in [0.15, 0.2) is 0 Å². The topological polar surface area (TPSA) is 26.3 Å². The molecule has 0 radical (unpaired) electrons. The summed E-state index contributed by atoms with van der Waals surface area (Å²) in [5.41, 5.74) is -0.283. The Labute approximate surface area is 98.7 Å². The second-order valence-electron chi connectivity index (χ2n) is 6.32. The summed E-state index contributed by atoms with van der Waals surface area (Å²) in [4.78, 5) is 12.0. The largest absolute Gasteiger partial charge is 0.378 e. The average molecular weight is 224 g/mol. The van der Waals surface area contributed by atoms with E-state index in [-0.39, 0.29) is 5.60 Å². The summed E-state index contributed by atoms with van der Waals surface area (Å²) in [6.07, 6.45) is 6.86. The lowest BCUT2D eigenvalue weighted by Gasteiger charge is -2.25. The van der Waals surface area contributed by atoms with E-state index in [1.165, 1.54) is 25.7 Å². The van der Waals surface area contributed by atoms with Gasteiger partial charge in [0.1, 0.15) is 5.78 Å². The smallest absolute Gasteiger partial charge is 0.136 e. The number of hydrogen-bond donors (Lipinski definition) is 0. The Hall–Kier alpha value is -0.370. The Kier molecular flexibility index (Phi) is 3.39. The summed E-state index contributed by atoms with van der Waals surface area (Å²) in [5.74, 6) is 2.89. The summed E-state index contributed by atoms with van der Waals surface area (Å²) in [6, 6.07) is 0. The van der Waals surface area contributed by atoms with Crippen molar-refractivity contribution in [1.82, 2.24) is 0 Å². The molecular weight excluding hydrogens is 200 g/mol. The van der Waals surface area contributed by atoms with Crippen molar-refractivity contribution >= 4 is 5.78 Å². The summed E-state index contributed by atoms with van der Waals surface area (Å²) in [5, 5.41) is 0. The van der Waals surface area contributed by atoms with Crippen LogP contribution in [-0.4, -0.2) is 18.5 Å². The van der Waals surface area contributed by atoms with Crippen molar-refractivity contribution in [3.8, 4) is 0 Å². The van der Waals surface area contributed by atoms with Gasteiger partial charge in [-0.25, -0.2) is 0 Å². The van der Waals surface area contributed by atoms with Crippen LogP contribution in [0.15, 0.2) is 0 Å². The zero-order valence-electron chi connectivity index (χ0n) is 10.8. The molecule has 2 rings (SSSR count). The molecule has 0 spiro atoms. The molecule has 3 atom stereocenters. The maximum absolute atomic E-state index is 12.0. The van der Waals surface area contributed by atoms with Crippen molar-refractivity contribution in [2.45, 2.75) is 58.0 Å². The summed E-state index contributed by atoms with van der Waals surface area (Å²) < 4.78 is 5.31. The Balaban J connectivity index is 1.80. The van der Waals surface area contributed by atoms with Gasteiger partial charge in [-0.05, 0) is 50.9 Å². The third kappa shape index (κ3) is 2.65. The quantitative estimate of drug-likeness (QED) is 0.717. The lowest BCUT2D eigenvalue weighted by molar-refractivity contribution is -0.125. The fourth-order valence-corrected chi connectivity index (χ4v) is 3.54. The number of fused-ring (bicyclic) bond motifs is 2. The number of Topliss-reactive ketones (excluding diaryl/α,β-unsaturated/α-hetero) is 1. The molecule has 3 unspecified atom stereocenters. The van der Waals surface area contributed by atoms with Gasteiger partial charge >= 0.3 is 0 Å². The predicted octanol–water partition coefficient (Wildman–Crippen LogP) is 3.20. The first-order chi connectivity index (χ1) is 7.50. The van der Waals surface area contributed by atoms with Crippen LogP contribution in [0.4, 0.5) is 0 Å². The summed E-state index contributed by atoms with van der Waals surface area (Å²) >= 11 is 0. The lowest BCUT2D eigenvalue weighted by Crippen LogP contribution is -2.28. The van der Waals surface area contributed by atoms with Crippen LogP contribution in [0, 0.1) is 17.8 Å². The van der Waals surface area contributed by atoms with E-state index >= 15 is 0 Å². The fourth-order valence-electron chi connectivity index (χ4n) is 3.54. The Morgan fingerprint density at radius 3 is 2.56 bits per heavy atom. The van der Waals surface area contributed by atoms with Gasteiger partial charge in [0, 0.05) is 20.0 Å². The number of ketones is 1. The first kappa shape index (κ1) is 12.1. The molecule has 2 saturated carbocycles. The van der Waals surface area contributed by atoms with Crippen LogP contribution >= 0.6 is 0 Å². The molecular formula is C14H24O2. The van der Waals surface area contributed by atoms with Gasteiger partial charge in [-0.3, -0.25) is 4.79 Å². The van der Waals surface area contributed by atoms with Crippen molar-refractivity contribution in [1.29, 1.82) is 0 Å². The maximum Gasteiger partial charge on any atom is 0.136 e. The highest BCUT2D eigenvalue weighted by Gasteiger charge is 2.40. The van der Waals surface area contributed by atoms with Crippen molar-refractivity contribution in [3.05, 3.63) is 0 Å². The van der Waals surface area contributed by atoms with Gasteiger partial charge in [-0.2, -0.15) is 0 Å². The van der Waals surface area contributed by atoms with Crippen LogP contribution in [0.25, 0.3) is 0 Å². The van der Waals surface area contributed by atoms with E-state index < -0.39 is 0 Å². The van der Waals surface area contributed by atoms with Crippen molar-refractivity contribution in [2.75, 3.05) is 7.11 Å². The van der Waals surface area contributed by atoms with Crippen molar-refractivity contribution < 1.29 is 9.53 Å². The number of carbonyl (C=O) groups is 1. The molecule has 0 aromatic heterocycles. The molecule has 2 fully saturated rings. The molecule has 2 heteroatoms. The van der Waals surface area contributed by atoms with Crippen LogP contribution in [0.2, 0.25) is 0 Å². The van der Waals surface area contributed by atoms with Crippen LogP contribution in [-0.2, 0) is 9.53 Å². The van der Waals surface area contributed by atoms with Gasteiger partial charge in [0.05, 0.1) is 5.60 Å². The number of carbonyl (C=O) groups excluding carboxylic acids is 1. The minimum absolute atomic E-state index is 0.283. The molecule has 2 aliphatic rings. The Morgan fingerprint density at radius 2 is 2.06 bits per heavy atom. The zero-order valence-corrected chi connectivity index (χ0v) is 10.8. The molecule has 0 amide bonds. The van der Waals surface area contributed by atoms with E-state index in [0.29, 0.717) is 18.1 Å². The minimum atomic E-state index is -0.283. The Bertz CT molecular complexity index is 270. The lowest BCUT2D eigenvalue weighted by atomic mass is 9.83. The fraction of sp³-hybridized carbons (Fsp3) is 0.929. The third-order valence-electron chi connectivity index (χ3n) is 4.55. The molecule has 0 aromatic rings. The second kappa shape index (κ2) is 4.48. The van der Waals surface area contributed by atoms with Crippen LogP contribution in [0.1, 0.15) is 52.4 Å². The van der Waals surface area contributed by atoms with Gasteiger partial charge in [0.25, 0.3) is 0 Å². The zero-order chi connectivity index (χ0) is 11.8. The SMILES string of the molecule is COC(C)(C)CC(=O)CC1CC2CCC1C2. The van der Waals surface area contributed by atoms with Gasteiger partial charge in [-0.15, -0.1) is 0 Å². The third-order valence-corrected chi connectivity index (χ3v) is 4.55. The van der Waals surface area contributed by atoms with E-state index in [1.54, 1.807) is 7.11 Å². The first-order valence-corrected chi connectivity index (χ1v) is 6.57. The van der Waals surface area contributed by atoms with Crippen LogP contribution < -0.4 is 0 Å². The standard InChI is InChI=1S/C14H24O2/c1-14(2,16-3)9-13(15)8-12-7-10-4-5-11(12)6-10/h10-12H,4-9H2,1-3H3. The molecule has 0 heterocycles. The van der Waals surface area contributed by atoms with E-state index in [9.17, 15) is 4.79 Å². The average Bonchev–Trinajstić information content (AvgIpc) is 2.78. The predicted molar refractivity (Wildman–Crippen MR) is 64.3 cm³/mol. The number of ether oxygens (including phenoxy) is 1. The van der Waals surface area contributed by atoms with Gasteiger partial charge < -0.3 is 4.74 Å². The molecule has 16 heavy (non-hydrogen) atoms. The van der Waals surface area contributed by atoms with Gasteiger partial charge in [0.2, 0.25) is 0 Å². The molecule has 92 valence electrons. The molecule has 2 bridgehead atoms. The molecule has 2 nitrogen and oxygen atoms in total. The van der Waals surface area contributed by atoms with Crippen molar-refractivity contribution in [2.24, 2.45) is 17.8 Å². The second-order valence-corrected chi connectivity index (χ2v) is 6.32. The molecule has 2 aliphatic carbocycles. The van der Waals surface area contributed by atoms with Crippen molar-refractivity contribution in [3.63, 3.8) is 0 Å². The molecule has 0 N–H and O–H groups in total. The summed E-state index contributed by atoms with van der Waals surface area (Å²) in [7, 11) is 1.69. The highest BCUT2D eigenvalue weighted by Crippen LogP contribution is 2.49. The highest BCUT2D eigenvalue weighted by atomic mass is 16.5. The van der Waals surface area contributed by atoms with Crippen LogP contribution in [0.3, 0.4) is 0 Å². The molecule has 0 aromatic carbocycles. The maximum atomic E-state index is 12.0. The Morgan fingerprint density at radius 1 is 1.31 bits per heavy atom. The number of rotatable bonds is 5. The normalized spacial score (nSPS) is 33.3. The van der Waals surface area contributed by atoms with E-state index in [0.717, 1.165) is 18.3 Å². The molecule has 0 saturated heterocycles. The number of hydrogen-bond acceptors (Lipinski definition) is 2. The monoisotopic (exact) mass is 224 g/mol. The number of methoxy groups -OCH3 is 1.